The SMILES string of the molecule is COc1cccc([C@@H]2NC(=S)NC(C)=C2C(=O)Nc2cccc(C)c2)c1OC. The number of aryl methyl sites for hydroxylation is 1. The number of benzene rings is 2. The van der Waals surface area contributed by atoms with Crippen molar-refractivity contribution in [3.8, 4) is 11.5 Å². The molecule has 6 nitrogen and oxygen atoms in total. The van der Waals surface area contributed by atoms with E-state index in [4.69, 9.17) is 21.7 Å². The molecule has 0 radical (unpaired) electrons. The van der Waals surface area contributed by atoms with Gasteiger partial charge >= 0.3 is 0 Å². The Morgan fingerprint density at radius 2 is 1.86 bits per heavy atom. The molecule has 3 N–H and O–H groups in total. The average Bonchev–Trinajstić information content (AvgIpc) is 2.66. The number of anilines is 1. The second kappa shape index (κ2) is 8.31. The monoisotopic (exact) mass is 397 g/mol. The van der Waals surface area contributed by atoms with Gasteiger partial charge < -0.3 is 25.4 Å². The van der Waals surface area contributed by atoms with Gasteiger partial charge in [-0.05, 0) is 49.8 Å². The molecule has 0 aromatic heterocycles. The van der Waals surface area contributed by atoms with Crippen molar-refractivity contribution in [1.29, 1.82) is 0 Å². The van der Waals surface area contributed by atoms with Crippen LogP contribution in [0.2, 0.25) is 0 Å². The molecule has 1 amide bonds. The van der Waals surface area contributed by atoms with Gasteiger partial charge in [-0.25, -0.2) is 0 Å². The van der Waals surface area contributed by atoms with Crippen LogP contribution in [0, 0.1) is 6.92 Å². The van der Waals surface area contributed by atoms with Gasteiger partial charge in [0.2, 0.25) is 0 Å². The molecule has 7 heteroatoms. The molecule has 2 aromatic carbocycles. The Morgan fingerprint density at radius 1 is 1.11 bits per heavy atom. The van der Waals surface area contributed by atoms with Gasteiger partial charge in [-0.15, -0.1) is 0 Å². The van der Waals surface area contributed by atoms with Crippen molar-refractivity contribution in [2.24, 2.45) is 0 Å². The molecule has 1 aliphatic rings. The molecular weight excluding hydrogens is 374 g/mol. The molecule has 1 atom stereocenters. The first-order valence-corrected chi connectivity index (χ1v) is 9.22. The van der Waals surface area contributed by atoms with Crippen LogP contribution in [-0.2, 0) is 4.79 Å². The zero-order valence-corrected chi connectivity index (χ0v) is 17.1. The van der Waals surface area contributed by atoms with Crippen LogP contribution in [0.25, 0.3) is 0 Å². The number of para-hydroxylation sites is 1. The molecule has 0 aliphatic carbocycles. The molecule has 0 unspecified atom stereocenters. The van der Waals surface area contributed by atoms with Crippen LogP contribution >= 0.6 is 12.2 Å². The van der Waals surface area contributed by atoms with Crippen LogP contribution in [-0.4, -0.2) is 25.2 Å². The van der Waals surface area contributed by atoms with Gasteiger partial charge in [-0.1, -0.05) is 24.3 Å². The third-order valence-electron chi connectivity index (χ3n) is 4.53. The van der Waals surface area contributed by atoms with E-state index in [9.17, 15) is 4.79 Å². The third kappa shape index (κ3) is 3.94. The molecule has 0 saturated carbocycles. The number of hydrogen-bond donors (Lipinski definition) is 3. The third-order valence-corrected chi connectivity index (χ3v) is 4.75. The van der Waals surface area contributed by atoms with Crippen molar-refractivity contribution in [3.05, 3.63) is 64.9 Å². The molecule has 0 bridgehead atoms. The summed E-state index contributed by atoms with van der Waals surface area (Å²) in [6.07, 6.45) is 0. The smallest absolute Gasteiger partial charge is 0.255 e. The van der Waals surface area contributed by atoms with Gasteiger partial charge in [0.05, 0.1) is 25.8 Å². The van der Waals surface area contributed by atoms with Crippen molar-refractivity contribution in [2.75, 3.05) is 19.5 Å². The van der Waals surface area contributed by atoms with Crippen LogP contribution in [0.15, 0.2) is 53.7 Å². The van der Waals surface area contributed by atoms with Crippen molar-refractivity contribution < 1.29 is 14.3 Å². The van der Waals surface area contributed by atoms with E-state index in [0.29, 0.717) is 27.9 Å². The minimum absolute atomic E-state index is 0.222. The van der Waals surface area contributed by atoms with Crippen LogP contribution in [0.4, 0.5) is 5.69 Å². The van der Waals surface area contributed by atoms with Crippen molar-refractivity contribution in [3.63, 3.8) is 0 Å². The summed E-state index contributed by atoms with van der Waals surface area (Å²) in [5, 5.41) is 9.64. The lowest BCUT2D eigenvalue weighted by Gasteiger charge is -2.31. The molecule has 146 valence electrons. The predicted octanol–water partition coefficient (Wildman–Crippen LogP) is 3.44. The summed E-state index contributed by atoms with van der Waals surface area (Å²) >= 11 is 5.33. The number of ether oxygens (including phenoxy) is 2. The summed E-state index contributed by atoms with van der Waals surface area (Å²) in [6.45, 7) is 3.81. The summed E-state index contributed by atoms with van der Waals surface area (Å²) in [5.74, 6) is 0.920. The number of amides is 1. The van der Waals surface area contributed by atoms with E-state index < -0.39 is 6.04 Å². The molecule has 0 saturated heterocycles. The molecule has 1 heterocycles. The van der Waals surface area contributed by atoms with E-state index in [2.05, 4.69) is 16.0 Å². The van der Waals surface area contributed by atoms with Crippen LogP contribution in [0.3, 0.4) is 0 Å². The molecule has 28 heavy (non-hydrogen) atoms. The lowest BCUT2D eigenvalue weighted by Crippen LogP contribution is -2.45. The Bertz CT molecular complexity index is 956. The minimum atomic E-state index is -0.483. The summed E-state index contributed by atoms with van der Waals surface area (Å²) in [5.41, 5.74) is 3.77. The first-order valence-electron chi connectivity index (χ1n) is 8.81. The Kier molecular flexibility index (Phi) is 5.84. The summed E-state index contributed by atoms with van der Waals surface area (Å²) < 4.78 is 11.0. The molecular formula is C21H23N3O3S. The number of allylic oxidation sites excluding steroid dienone is 1. The summed E-state index contributed by atoms with van der Waals surface area (Å²) in [4.78, 5) is 13.2. The standard InChI is InChI=1S/C21H23N3O3S/c1-12-7-5-8-14(11-12)23-20(25)17-13(2)22-21(28)24-18(17)15-9-6-10-16(26-3)19(15)27-4/h5-11,18H,1-4H3,(H,23,25)(H2,22,24,28)/t18-/m0/s1. The maximum atomic E-state index is 13.2. The fraction of sp³-hybridized carbons (Fsp3) is 0.238. The summed E-state index contributed by atoms with van der Waals surface area (Å²) in [6, 6.07) is 12.7. The number of hydrogen-bond acceptors (Lipinski definition) is 4. The van der Waals surface area contributed by atoms with Crippen LogP contribution in [0.1, 0.15) is 24.1 Å². The number of nitrogens with one attached hydrogen (secondary N) is 3. The second-order valence-corrected chi connectivity index (χ2v) is 6.88. The van der Waals surface area contributed by atoms with E-state index in [0.717, 1.165) is 16.8 Å². The highest BCUT2D eigenvalue weighted by atomic mass is 32.1. The Labute approximate surface area is 169 Å². The molecule has 0 spiro atoms. The quantitative estimate of drug-likeness (QED) is 0.672. The highest BCUT2D eigenvalue weighted by Gasteiger charge is 2.32. The molecule has 3 rings (SSSR count). The number of thiocarbonyl (C=S) groups is 1. The molecule has 2 aromatic rings. The summed E-state index contributed by atoms with van der Waals surface area (Å²) in [7, 11) is 3.15. The first-order chi connectivity index (χ1) is 13.4. The lowest BCUT2D eigenvalue weighted by molar-refractivity contribution is -0.113. The van der Waals surface area contributed by atoms with Crippen molar-refractivity contribution in [1.82, 2.24) is 10.6 Å². The van der Waals surface area contributed by atoms with Gasteiger partial charge in [-0.2, -0.15) is 0 Å². The normalized spacial score (nSPS) is 16.1. The van der Waals surface area contributed by atoms with Gasteiger partial charge in [0.25, 0.3) is 5.91 Å². The van der Waals surface area contributed by atoms with Gasteiger partial charge in [0.1, 0.15) is 0 Å². The van der Waals surface area contributed by atoms with E-state index in [1.54, 1.807) is 14.2 Å². The molecule has 0 fully saturated rings. The Hall–Kier alpha value is -3.06. The maximum Gasteiger partial charge on any atom is 0.255 e. The van der Waals surface area contributed by atoms with Crippen molar-refractivity contribution in [2.45, 2.75) is 19.9 Å². The van der Waals surface area contributed by atoms with Crippen LogP contribution < -0.4 is 25.4 Å². The Morgan fingerprint density at radius 3 is 2.54 bits per heavy atom. The lowest BCUT2D eigenvalue weighted by atomic mass is 9.93. The Balaban J connectivity index is 2.03. The van der Waals surface area contributed by atoms with Gasteiger partial charge in [0.15, 0.2) is 16.6 Å². The highest BCUT2D eigenvalue weighted by molar-refractivity contribution is 7.80. The van der Waals surface area contributed by atoms with Gasteiger partial charge in [-0.3, -0.25) is 4.79 Å². The fourth-order valence-corrected chi connectivity index (χ4v) is 3.56. The van der Waals surface area contributed by atoms with E-state index in [1.165, 1.54) is 0 Å². The minimum Gasteiger partial charge on any atom is -0.493 e. The van der Waals surface area contributed by atoms with Gasteiger partial charge in [0, 0.05) is 16.9 Å². The average molecular weight is 398 g/mol. The largest absolute Gasteiger partial charge is 0.493 e. The van der Waals surface area contributed by atoms with Crippen molar-refractivity contribution >= 4 is 28.9 Å². The zero-order chi connectivity index (χ0) is 20.3. The number of carbonyl (C=O) groups excluding carboxylic acids is 1. The van der Waals surface area contributed by atoms with Crippen LogP contribution in [0.5, 0.6) is 11.5 Å². The second-order valence-electron chi connectivity index (χ2n) is 6.48. The maximum absolute atomic E-state index is 13.2. The van der Waals surface area contributed by atoms with E-state index in [-0.39, 0.29) is 5.91 Å². The first kappa shape index (κ1) is 19.7. The number of carbonyl (C=O) groups is 1. The fourth-order valence-electron chi connectivity index (χ4n) is 3.29. The number of rotatable bonds is 5. The van der Waals surface area contributed by atoms with E-state index >= 15 is 0 Å². The zero-order valence-electron chi connectivity index (χ0n) is 16.3. The molecule has 1 aliphatic heterocycles. The van der Waals surface area contributed by atoms with E-state index in [1.807, 2.05) is 56.3 Å². The predicted molar refractivity (Wildman–Crippen MR) is 114 cm³/mol. The number of methoxy groups -OCH3 is 2. The highest BCUT2D eigenvalue weighted by Crippen LogP contribution is 2.39. The topological polar surface area (TPSA) is 71.6 Å².